The van der Waals surface area contributed by atoms with Crippen molar-refractivity contribution in [2.75, 3.05) is 14.2 Å². The van der Waals surface area contributed by atoms with Crippen LogP contribution in [0.25, 0.3) is 0 Å². The average molecular weight is 262 g/mol. The van der Waals surface area contributed by atoms with Gasteiger partial charge >= 0.3 is 0 Å². The topological polar surface area (TPSA) is 57.4 Å². The summed E-state index contributed by atoms with van der Waals surface area (Å²) in [7, 11) is 3.14. The molecular weight excluding hydrogens is 247 g/mol. The summed E-state index contributed by atoms with van der Waals surface area (Å²) in [5.41, 5.74) is 7.47. The molecule has 0 amide bonds. The third kappa shape index (κ3) is 2.82. The summed E-state index contributed by atoms with van der Waals surface area (Å²) in [5, 5.41) is 0. The second-order valence-electron chi connectivity index (χ2n) is 3.99. The van der Waals surface area contributed by atoms with Crippen LogP contribution in [0.4, 0.5) is 4.39 Å². The molecule has 1 aromatic carbocycles. The predicted molar refractivity (Wildman–Crippen MR) is 69.8 cm³/mol. The predicted octanol–water partition coefficient (Wildman–Crippen LogP) is 2.29. The molecule has 4 nitrogen and oxygen atoms in total. The van der Waals surface area contributed by atoms with Crippen LogP contribution in [0.1, 0.15) is 17.3 Å². The molecule has 1 unspecified atom stereocenters. The van der Waals surface area contributed by atoms with Crippen LogP contribution in [0.3, 0.4) is 0 Å². The maximum Gasteiger partial charge on any atom is 0.141 e. The molecule has 0 bridgehead atoms. The van der Waals surface area contributed by atoms with Crippen molar-refractivity contribution in [2.45, 2.75) is 6.04 Å². The van der Waals surface area contributed by atoms with Gasteiger partial charge in [0.2, 0.25) is 0 Å². The molecule has 2 aromatic rings. The highest BCUT2D eigenvalue weighted by Gasteiger charge is 2.16. The van der Waals surface area contributed by atoms with Crippen LogP contribution in [0.2, 0.25) is 0 Å². The second-order valence-corrected chi connectivity index (χ2v) is 3.99. The number of benzene rings is 1. The van der Waals surface area contributed by atoms with E-state index in [0.717, 1.165) is 11.8 Å². The number of nitrogens with zero attached hydrogens (tertiary/aromatic N) is 1. The molecule has 0 saturated heterocycles. The zero-order chi connectivity index (χ0) is 13.8. The number of hydrogen-bond donors (Lipinski definition) is 1. The minimum Gasteiger partial charge on any atom is -0.497 e. The number of aromatic nitrogens is 1. The van der Waals surface area contributed by atoms with Crippen molar-refractivity contribution in [1.82, 2.24) is 4.98 Å². The van der Waals surface area contributed by atoms with E-state index in [-0.39, 0.29) is 0 Å². The number of halogens is 1. The molecule has 0 radical (unpaired) electrons. The summed E-state index contributed by atoms with van der Waals surface area (Å²) >= 11 is 0. The average Bonchev–Trinajstić information content (AvgIpc) is 2.46. The number of nitrogens with two attached hydrogens (primary N) is 1. The van der Waals surface area contributed by atoms with Gasteiger partial charge in [-0.15, -0.1) is 0 Å². The molecule has 100 valence electrons. The van der Waals surface area contributed by atoms with Crippen molar-refractivity contribution >= 4 is 0 Å². The Kier molecular flexibility index (Phi) is 3.97. The Labute approximate surface area is 111 Å². The molecule has 1 atom stereocenters. The molecule has 0 saturated carbocycles. The van der Waals surface area contributed by atoms with Crippen molar-refractivity contribution in [3.05, 3.63) is 53.6 Å². The zero-order valence-electron chi connectivity index (χ0n) is 10.8. The van der Waals surface area contributed by atoms with Crippen LogP contribution in [-0.4, -0.2) is 19.2 Å². The van der Waals surface area contributed by atoms with Gasteiger partial charge in [-0.05, 0) is 24.3 Å². The number of methoxy groups -OCH3 is 2. The molecule has 0 spiro atoms. The Balaban J connectivity index is 2.37. The highest BCUT2D eigenvalue weighted by atomic mass is 19.1. The third-order valence-electron chi connectivity index (χ3n) is 2.84. The normalized spacial score (nSPS) is 12.0. The summed E-state index contributed by atoms with van der Waals surface area (Å²) in [6.45, 7) is 0. The molecular formula is C14H15FN2O2. The number of ether oxygens (including phenoxy) is 2. The number of hydrogen-bond acceptors (Lipinski definition) is 4. The van der Waals surface area contributed by atoms with Crippen molar-refractivity contribution in [1.29, 1.82) is 0 Å². The van der Waals surface area contributed by atoms with Gasteiger partial charge in [0.05, 0.1) is 32.2 Å². The van der Waals surface area contributed by atoms with Gasteiger partial charge in [-0.3, -0.25) is 4.98 Å². The van der Waals surface area contributed by atoms with Crippen molar-refractivity contribution in [3.8, 4) is 11.5 Å². The van der Waals surface area contributed by atoms with E-state index in [1.54, 1.807) is 32.4 Å². The number of pyridine rings is 1. The van der Waals surface area contributed by atoms with E-state index in [1.807, 2.05) is 6.07 Å². The highest BCUT2D eigenvalue weighted by molar-refractivity contribution is 5.44. The van der Waals surface area contributed by atoms with Crippen molar-refractivity contribution in [3.63, 3.8) is 0 Å². The molecule has 5 heteroatoms. The van der Waals surface area contributed by atoms with Crippen molar-refractivity contribution < 1.29 is 13.9 Å². The monoisotopic (exact) mass is 262 g/mol. The maximum absolute atomic E-state index is 12.9. The summed E-state index contributed by atoms with van der Waals surface area (Å²) in [5.74, 6) is 0.899. The standard InChI is InChI=1S/C14H15FN2O2/c1-18-10-4-5-11(13(7-10)19-2)14(16)12-6-3-9(15)8-17-12/h3-8,14H,16H2,1-2H3. The van der Waals surface area contributed by atoms with E-state index in [0.29, 0.717) is 17.2 Å². The fourth-order valence-electron chi connectivity index (χ4n) is 1.81. The minimum absolute atomic E-state index is 0.391. The fraction of sp³-hybridized carbons (Fsp3) is 0.214. The quantitative estimate of drug-likeness (QED) is 0.918. The minimum atomic E-state index is -0.485. The Morgan fingerprint density at radius 3 is 2.53 bits per heavy atom. The van der Waals surface area contributed by atoms with E-state index in [9.17, 15) is 4.39 Å². The highest BCUT2D eigenvalue weighted by Crippen LogP contribution is 2.30. The van der Waals surface area contributed by atoms with Gasteiger partial charge in [0, 0.05) is 11.6 Å². The molecule has 2 N–H and O–H groups in total. The van der Waals surface area contributed by atoms with E-state index in [4.69, 9.17) is 15.2 Å². The Hall–Kier alpha value is -2.14. The molecule has 0 aliphatic carbocycles. The molecule has 1 aromatic heterocycles. The van der Waals surface area contributed by atoms with Gasteiger partial charge in [-0.25, -0.2) is 4.39 Å². The van der Waals surface area contributed by atoms with Gasteiger partial charge < -0.3 is 15.2 Å². The summed E-state index contributed by atoms with van der Waals surface area (Å²) in [6.07, 6.45) is 1.14. The third-order valence-corrected chi connectivity index (χ3v) is 2.84. The molecule has 2 rings (SSSR count). The lowest BCUT2D eigenvalue weighted by Gasteiger charge is -2.16. The first-order valence-electron chi connectivity index (χ1n) is 5.74. The molecule has 0 aliphatic heterocycles. The lowest BCUT2D eigenvalue weighted by molar-refractivity contribution is 0.389. The second kappa shape index (κ2) is 5.67. The Morgan fingerprint density at radius 1 is 1.16 bits per heavy atom. The first-order chi connectivity index (χ1) is 9.15. The Bertz CT molecular complexity index is 558. The first-order valence-corrected chi connectivity index (χ1v) is 5.74. The van der Waals surface area contributed by atoms with Crippen LogP contribution >= 0.6 is 0 Å². The van der Waals surface area contributed by atoms with E-state index >= 15 is 0 Å². The van der Waals surface area contributed by atoms with Crippen LogP contribution < -0.4 is 15.2 Å². The van der Waals surface area contributed by atoms with Crippen LogP contribution in [0, 0.1) is 5.82 Å². The molecule has 1 heterocycles. The lowest BCUT2D eigenvalue weighted by atomic mass is 10.0. The molecule has 0 fully saturated rings. The van der Waals surface area contributed by atoms with Crippen LogP contribution in [0.15, 0.2) is 36.5 Å². The van der Waals surface area contributed by atoms with Crippen molar-refractivity contribution in [2.24, 2.45) is 5.73 Å². The summed E-state index contributed by atoms with van der Waals surface area (Å²) < 4.78 is 23.3. The zero-order valence-corrected chi connectivity index (χ0v) is 10.8. The fourth-order valence-corrected chi connectivity index (χ4v) is 1.81. The van der Waals surface area contributed by atoms with E-state index in [1.165, 1.54) is 6.07 Å². The van der Waals surface area contributed by atoms with Gasteiger partial charge in [-0.2, -0.15) is 0 Å². The first kappa shape index (κ1) is 13.3. The van der Waals surface area contributed by atoms with Gasteiger partial charge in [-0.1, -0.05) is 0 Å². The van der Waals surface area contributed by atoms with Gasteiger partial charge in [0.25, 0.3) is 0 Å². The lowest BCUT2D eigenvalue weighted by Crippen LogP contribution is -2.14. The Morgan fingerprint density at radius 2 is 1.95 bits per heavy atom. The van der Waals surface area contributed by atoms with Gasteiger partial charge in [0.1, 0.15) is 17.3 Å². The smallest absolute Gasteiger partial charge is 0.141 e. The van der Waals surface area contributed by atoms with Crippen LogP contribution in [-0.2, 0) is 0 Å². The number of rotatable bonds is 4. The summed E-state index contributed by atoms with van der Waals surface area (Å²) in [6, 6.07) is 7.76. The van der Waals surface area contributed by atoms with Gasteiger partial charge in [0.15, 0.2) is 0 Å². The van der Waals surface area contributed by atoms with E-state index < -0.39 is 11.9 Å². The SMILES string of the molecule is COc1ccc(C(N)c2ccc(F)cn2)c(OC)c1. The molecule has 19 heavy (non-hydrogen) atoms. The molecule has 0 aliphatic rings. The summed E-state index contributed by atoms with van der Waals surface area (Å²) in [4.78, 5) is 3.99. The largest absolute Gasteiger partial charge is 0.497 e. The maximum atomic E-state index is 12.9. The van der Waals surface area contributed by atoms with E-state index in [2.05, 4.69) is 4.98 Å². The van der Waals surface area contributed by atoms with Crippen LogP contribution in [0.5, 0.6) is 11.5 Å².